The summed E-state index contributed by atoms with van der Waals surface area (Å²) in [5, 5.41) is 8.96. The predicted molar refractivity (Wildman–Crippen MR) is 81.9 cm³/mol. The zero-order chi connectivity index (χ0) is 17.1. The number of sulfonamides is 2. The standard InChI is InChI=1S/C13H19N3O4S2/c1-10(2)13(9-14)15-21(17,18)11-5-7-12(8-6-11)22(19,20)16(3)4/h5-8,10,13,15H,1-4H3/t13-/m0/s1. The van der Waals surface area contributed by atoms with Gasteiger partial charge in [-0.05, 0) is 30.2 Å². The number of benzene rings is 1. The van der Waals surface area contributed by atoms with Crippen molar-refractivity contribution in [1.29, 1.82) is 5.26 Å². The number of nitrogens with zero attached hydrogens (tertiary/aromatic N) is 2. The molecule has 0 saturated carbocycles. The molecule has 0 heterocycles. The lowest BCUT2D eigenvalue weighted by Crippen LogP contribution is -2.37. The molecule has 9 heteroatoms. The quantitative estimate of drug-likeness (QED) is 0.819. The summed E-state index contributed by atoms with van der Waals surface area (Å²) in [4.78, 5) is -0.0942. The van der Waals surface area contributed by atoms with E-state index in [1.165, 1.54) is 38.4 Å². The average molecular weight is 345 g/mol. The van der Waals surface area contributed by atoms with Crippen LogP contribution in [0.25, 0.3) is 0 Å². The van der Waals surface area contributed by atoms with E-state index in [0.29, 0.717) is 0 Å². The zero-order valence-electron chi connectivity index (χ0n) is 12.8. The van der Waals surface area contributed by atoms with E-state index in [1.54, 1.807) is 13.8 Å². The van der Waals surface area contributed by atoms with Gasteiger partial charge in [-0.15, -0.1) is 0 Å². The van der Waals surface area contributed by atoms with Crippen molar-refractivity contribution >= 4 is 20.0 Å². The Kier molecular flexibility index (Phi) is 5.70. The van der Waals surface area contributed by atoms with E-state index < -0.39 is 26.1 Å². The molecular weight excluding hydrogens is 326 g/mol. The molecule has 0 aliphatic heterocycles. The van der Waals surface area contributed by atoms with Gasteiger partial charge in [0, 0.05) is 14.1 Å². The van der Waals surface area contributed by atoms with Gasteiger partial charge in [-0.2, -0.15) is 9.98 Å². The van der Waals surface area contributed by atoms with Gasteiger partial charge < -0.3 is 0 Å². The van der Waals surface area contributed by atoms with Gasteiger partial charge in [-0.1, -0.05) is 13.8 Å². The van der Waals surface area contributed by atoms with Crippen LogP contribution in [0.1, 0.15) is 13.8 Å². The van der Waals surface area contributed by atoms with Crippen molar-refractivity contribution in [2.24, 2.45) is 5.92 Å². The van der Waals surface area contributed by atoms with Crippen molar-refractivity contribution in [3.8, 4) is 6.07 Å². The van der Waals surface area contributed by atoms with Crippen LogP contribution in [0.15, 0.2) is 34.1 Å². The van der Waals surface area contributed by atoms with Crippen molar-refractivity contribution in [2.45, 2.75) is 29.7 Å². The van der Waals surface area contributed by atoms with Crippen LogP contribution in [0.5, 0.6) is 0 Å². The van der Waals surface area contributed by atoms with Crippen LogP contribution in [0.4, 0.5) is 0 Å². The molecule has 0 fully saturated rings. The number of nitriles is 1. The fraction of sp³-hybridized carbons (Fsp3) is 0.462. The normalized spacial score (nSPS) is 14.0. The lowest BCUT2D eigenvalue weighted by Gasteiger charge is -2.16. The van der Waals surface area contributed by atoms with E-state index in [0.717, 1.165) is 4.31 Å². The van der Waals surface area contributed by atoms with Crippen LogP contribution in [0.2, 0.25) is 0 Å². The van der Waals surface area contributed by atoms with Crippen molar-refractivity contribution in [3.05, 3.63) is 24.3 Å². The molecule has 122 valence electrons. The molecule has 1 aromatic carbocycles. The zero-order valence-corrected chi connectivity index (χ0v) is 14.4. The number of hydrogen-bond acceptors (Lipinski definition) is 5. The number of nitrogens with one attached hydrogen (secondary N) is 1. The van der Waals surface area contributed by atoms with Crippen LogP contribution in [-0.4, -0.2) is 41.3 Å². The molecule has 0 radical (unpaired) electrons. The third-order valence-corrected chi connectivity index (χ3v) is 6.29. The molecule has 22 heavy (non-hydrogen) atoms. The van der Waals surface area contributed by atoms with Gasteiger partial charge in [0.15, 0.2) is 0 Å². The maximum atomic E-state index is 12.2. The van der Waals surface area contributed by atoms with Gasteiger partial charge in [0.1, 0.15) is 6.04 Å². The summed E-state index contributed by atoms with van der Waals surface area (Å²) in [5.74, 6) is -0.187. The highest BCUT2D eigenvalue weighted by molar-refractivity contribution is 7.89. The van der Waals surface area contributed by atoms with Crippen LogP contribution in [0, 0.1) is 17.2 Å². The van der Waals surface area contributed by atoms with E-state index in [-0.39, 0.29) is 15.7 Å². The van der Waals surface area contributed by atoms with Crippen LogP contribution >= 0.6 is 0 Å². The molecule has 1 rings (SSSR count). The maximum Gasteiger partial charge on any atom is 0.242 e. The Hall–Kier alpha value is -1.47. The monoisotopic (exact) mass is 345 g/mol. The molecule has 0 aliphatic rings. The van der Waals surface area contributed by atoms with Crippen molar-refractivity contribution in [3.63, 3.8) is 0 Å². The minimum absolute atomic E-state index is 0.00265. The second-order valence-corrected chi connectivity index (χ2v) is 9.10. The number of rotatable bonds is 6. The van der Waals surface area contributed by atoms with Crippen LogP contribution in [-0.2, 0) is 20.0 Å². The Labute approximate surface area is 131 Å². The Bertz CT molecular complexity index is 760. The third-order valence-electron chi connectivity index (χ3n) is 3.00. The summed E-state index contributed by atoms with van der Waals surface area (Å²) in [6.45, 7) is 3.45. The Morgan fingerprint density at radius 1 is 1.05 bits per heavy atom. The molecule has 0 aromatic heterocycles. The minimum Gasteiger partial charge on any atom is -0.207 e. The first-order valence-electron chi connectivity index (χ1n) is 6.47. The van der Waals surface area contributed by atoms with Crippen molar-refractivity contribution < 1.29 is 16.8 Å². The largest absolute Gasteiger partial charge is 0.242 e. The summed E-state index contributed by atoms with van der Waals surface area (Å²) in [5.41, 5.74) is 0. The lowest BCUT2D eigenvalue weighted by molar-refractivity contribution is 0.514. The summed E-state index contributed by atoms with van der Waals surface area (Å²) < 4.78 is 51.5. The van der Waals surface area contributed by atoms with Crippen LogP contribution < -0.4 is 4.72 Å². The van der Waals surface area contributed by atoms with Crippen molar-refractivity contribution in [2.75, 3.05) is 14.1 Å². The lowest BCUT2D eigenvalue weighted by atomic mass is 10.1. The smallest absolute Gasteiger partial charge is 0.207 e. The first-order valence-corrected chi connectivity index (χ1v) is 9.39. The first kappa shape index (κ1) is 18.6. The van der Waals surface area contributed by atoms with Gasteiger partial charge in [-0.25, -0.2) is 21.1 Å². The Morgan fingerprint density at radius 3 is 1.86 bits per heavy atom. The molecule has 1 atom stereocenters. The van der Waals surface area contributed by atoms with Gasteiger partial charge in [-0.3, -0.25) is 0 Å². The number of hydrogen-bond donors (Lipinski definition) is 1. The highest BCUT2D eigenvalue weighted by atomic mass is 32.2. The second kappa shape index (κ2) is 6.75. The first-order chi connectivity index (χ1) is 10.0. The summed E-state index contributed by atoms with van der Waals surface area (Å²) in [6, 6.07) is 5.88. The predicted octanol–water partition coefficient (Wildman–Crippen LogP) is 0.763. The summed E-state index contributed by atoms with van der Waals surface area (Å²) >= 11 is 0. The highest BCUT2D eigenvalue weighted by Crippen LogP contribution is 2.17. The van der Waals surface area contributed by atoms with E-state index in [9.17, 15) is 16.8 Å². The third kappa shape index (κ3) is 4.04. The van der Waals surface area contributed by atoms with Gasteiger partial charge in [0.2, 0.25) is 20.0 Å². The van der Waals surface area contributed by atoms with E-state index >= 15 is 0 Å². The summed E-state index contributed by atoms with van der Waals surface area (Å²) in [7, 11) is -4.71. The topological polar surface area (TPSA) is 107 Å². The Balaban J connectivity index is 3.12. The van der Waals surface area contributed by atoms with Crippen molar-refractivity contribution in [1.82, 2.24) is 9.03 Å². The van der Waals surface area contributed by atoms with E-state index in [2.05, 4.69) is 4.72 Å². The van der Waals surface area contributed by atoms with E-state index in [4.69, 9.17) is 5.26 Å². The average Bonchev–Trinajstić information content (AvgIpc) is 2.44. The minimum atomic E-state index is -3.88. The highest BCUT2D eigenvalue weighted by Gasteiger charge is 2.23. The molecule has 0 unspecified atom stereocenters. The molecule has 0 aliphatic carbocycles. The fourth-order valence-electron chi connectivity index (χ4n) is 1.55. The Morgan fingerprint density at radius 2 is 1.50 bits per heavy atom. The maximum absolute atomic E-state index is 12.2. The molecular formula is C13H19N3O4S2. The van der Waals surface area contributed by atoms with Gasteiger partial charge in [0.05, 0.1) is 15.9 Å². The molecule has 7 nitrogen and oxygen atoms in total. The SMILES string of the molecule is CC(C)[C@H](C#N)NS(=O)(=O)c1ccc(S(=O)(=O)N(C)C)cc1. The molecule has 1 N–H and O–H groups in total. The fourth-order valence-corrected chi connectivity index (χ4v) is 3.74. The molecule has 0 bridgehead atoms. The molecule has 0 spiro atoms. The second-order valence-electron chi connectivity index (χ2n) is 5.23. The van der Waals surface area contributed by atoms with Gasteiger partial charge in [0.25, 0.3) is 0 Å². The summed E-state index contributed by atoms with van der Waals surface area (Å²) in [6.07, 6.45) is 0. The van der Waals surface area contributed by atoms with Crippen LogP contribution in [0.3, 0.4) is 0 Å². The van der Waals surface area contributed by atoms with E-state index in [1.807, 2.05) is 6.07 Å². The van der Waals surface area contributed by atoms with Gasteiger partial charge >= 0.3 is 0 Å². The molecule has 0 amide bonds. The molecule has 0 saturated heterocycles. The molecule has 1 aromatic rings.